The number of nitrogens with two attached hydrogens (primary N) is 1. The number of phenolic OH excluding ortho intramolecular Hbond substituents is 1. The third-order valence-corrected chi connectivity index (χ3v) is 2.56. The fourth-order valence-electron chi connectivity index (χ4n) is 1.12. The largest absolute Gasteiger partial charge is 0.508 e. The molecule has 1 aromatic rings. The van der Waals surface area contributed by atoms with Crippen molar-refractivity contribution in [1.29, 1.82) is 0 Å². The van der Waals surface area contributed by atoms with E-state index in [1.54, 1.807) is 0 Å². The molecule has 0 radical (unpaired) electrons. The van der Waals surface area contributed by atoms with Crippen molar-refractivity contribution in [1.82, 2.24) is 5.32 Å². The van der Waals surface area contributed by atoms with E-state index in [0.29, 0.717) is 5.56 Å². The Hall–Kier alpha value is -1.40. The Balaban J connectivity index is 2.64. The van der Waals surface area contributed by atoms with E-state index in [-0.39, 0.29) is 5.75 Å². The van der Waals surface area contributed by atoms with Crippen molar-refractivity contribution in [3.63, 3.8) is 0 Å². The monoisotopic (exact) mass is 260 g/mol. The lowest BCUT2D eigenvalue weighted by atomic mass is 10.1. The molecule has 94 valence electrons. The van der Waals surface area contributed by atoms with Gasteiger partial charge in [-0.1, -0.05) is 12.1 Å². The standard InChI is InChI=1S/C9H13N2O5P/c10-8(6-1-3-7(12)4-2-6)9(13)11-5-17(14,15)16/h1-4,8,12H,5,10H2,(H,11,13)(H2,14,15,16). The lowest BCUT2D eigenvalue weighted by Crippen LogP contribution is -2.34. The van der Waals surface area contributed by atoms with Crippen LogP contribution in [0.4, 0.5) is 0 Å². The molecule has 1 unspecified atom stereocenters. The van der Waals surface area contributed by atoms with Gasteiger partial charge >= 0.3 is 7.60 Å². The minimum atomic E-state index is -4.29. The van der Waals surface area contributed by atoms with E-state index in [1.165, 1.54) is 24.3 Å². The number of carbonyl (C=O) groups is 1. The van der Waals surface area contributed by atoms with Gasteiger partial charge in [-0.25, -0.2) is 0 Å². The van der Waals surface area contributed by atoms with Crippen molar-refractivity contribution in [2.24, 2.45) is 5.73 Å². The van der Waals surface area contributed by atoms with Gasteiger partial charge in [0.2, 0.25) is 5.91 Å². The Kier molecular flexibility index (Phi) is 4.25. The van der Waals surface area contributed by atoms with Crippen molar-refractivity contribution in [3.05, 3.63) is 29.8 Å². The van der Waals surface area contributed by atoms with E-state index in [0.717, 1.165) is 0 Å². The zero-order valence-corrected chi connectivity index (χ0v) is 9.67. The number of benzene rings is 1. The first-order chi connectivity index (χ1) is 7.79. The van der Waals surface area contributed by atoms with E-state index >= 15 is 0 Å². The van der Waals surface area contributed by atoms with Crippen molar-refractivity contribution in [2.75, 3.05) is 6.29 Å². The van der Waals surface area contributed by atoms with Crippen LogP contribution in [0.2, 0.25) is 0 Å². The van der Waals surface area contributed by atoms with Crippen LogP contribution >= 0.6 is 7.60 Å². The predicted octanol–water partition coefficient (Wildman–Crippen LogP) is -0.357. The zero-order chi connectivity index (χ0) is 13.1. The molecule has 1 aromatic carbocycles. The molecule has 0 heterocycles. The van der Waals surface area contributed by atoms with Gasteiger partial charge in [0.1, 0.15) is 18.1 Å². The first-order valence-electron chi connectivity index (χ1n) is 4.66. The first-order valence-corrected chi connectivity index (χ1v) is 6.46. The topological polar surface area (TPSA) is 133 Å². The highest BCUT2D eigenvalue weighted by atomic mass is 31.2. The third-order valence-electron chi connectivity index (χ3n) is 1.99. The van der Waals surface area contributed by atoms with E-state index in [4.69, 9.17) is 20.6 Å². The Morgan fingerprint density at radius 2 is 1.88 bits per heavy atom. The Morgan fingerprint density at radius 3 is 2.35 bits per heavy atom. The molecule has 6 N–H and O–H groups in total. The second kappa shape index (κ2) is 5.29. The van der Waals surface area contributed by atoms with Crippen LogP contribution in [0, 0.1) is 0 Å². The molecule has 0 spiro atoms. The van der Waals surface area contributed by atoms with E-state index in [2.05, 4.69) is 0 Å². The van der Waals surface area contributed by atoms with Crippen LogP contribution in [0.1, 0.15) is 11.6 Å². The van der Waals surface area contributed by atoms with Crippen LogP contribution < -0.4 is 11.1 Å². The smallest absolute Gasteiger partial charge is 0.344 e. The van der Waals surface area contributed by atoms with Crippen molar-refractivity contribution in [3.8, 4) is 5.75 Å². The normalized spacial score (nSPS) is 13.1. The molecule has 7 nitrogen and oxygen atoms in total. The second-order valence-corrected chi connectivity index (χ2v) is 5.08. The molecule has 0 aliphatic heterocycles. The summed E-state index contributed by atoms with van der Waals surface area (Å²) >= 11 is 0. The maximum Gasteiger partial charge on any atom is 0.344 e. The minimum Gasteiger partial charge on any atom is -0.508 e. The summed E-state index contributed by atoms with van der Waals surface area (Å²) in [6.45, 7) is 0. The molecule has 0 aliphatic carbocycles. The molecule has 17 heavy (non-hydrogen) atoms. The third kappa shape index (κ3) is 4.54. The van der Waals surface area contributed by atoms with Gasteiger partial charge in [-0.05, 0) is 17.7 Å². The summed E-state index contributed by atoms with van der Waals surface area (Å²) in [5, 5.41) is 11.1. The van der Waals surface area contributed by atoms with E-state index in [1.807, 2.05) is 5.32 Å². The van der Waals surface area contributed by atoms with Crippen LogP contribution in [0.5, 0.6) is 5.75 Å². The molecular weight excluding hydrogens is 247 g/mol. The van der Waals surface area contributed by atoms with Crippen molar-refractivity contribution < 1.29 is 24.3 Å². The van der Waals surface area contributed by atoms with Gasteiger partial charge in [-0.2, -0.15) is 0 Å². The number of hydrogen-bond donors (Lipinski definition) is 5. The summed E-state index contributed by atoms with van der Waals surface area (Å²) in [7, 11) is -4.29. The summed E-state index contributed by atoms with van der Waals surface area (Å²) in [5.41, 5.74) is 6.01. The SMILES string of the molecule is NC(C(=O)NCP(=O)(O)O)c1ccc(O)cc1. The lowest BCUT2D eigenvalue weighted by molar-refractivity contribution is -0.122. The average Bonchev–Trinajstić information content (AvgIpc) is 2.25. The molecule has 1 atom stereocenters. The zero-order valence-electron chi connectivity index (χ0n) is 8.78. The number of hydrogen-bond acceptors (Lipinski definition) is 4. The van der Waals surface area contributed by atoms with E-state index < -0.39 is 25.8 Å². The quantitative estimate of drug-likeness (QED) is 0.470. The van der Waals surface area contributed by atoms with Gasteiger partial charge in [-0.3, -0.25) is 9.36 Å². The highest BCUT2D eigenvalue weighted by Crippen LogP contribution is 2.32. The summed E-state index contributed by atoms with van der Waals surface area (Å²) in [6.07, 6.45) is -0.752. The minimum absolute atomic E-state index is 0.0385. The van der Waals surface area contributed by atoms with Crippen LogP contribution in [0.3, 0.4) is 0 Å². The van der Waals surface area contributed by atoms with Crippen molar-refractivity contribution in [2.45, 2.75) is 6.04 Å². The number of carbonyl (C=O) groups excluding carboxylic acids is 1. The second-order valence-electron chi connectivity index (χ2n) is 3.43. The van der Waals surface area contributed by atoms with Crippen molar-refractivity contribution >= 4 is 13.5 Å². The maximum atomic E-state index is 11.4. The number of rotatable bonds is 4. The summed E-state index contributed by atoms with van der Waals surface area (Å²) in [4.78, 5) is 28.6. The van der Waals surface area contributed by atoms with Gasteiger partial charge in [0.25, 0.3) is 0 Å². The Bertz CT molecular complexity index is 441. The van der Waals surface area contributed by atoms with Gasteiger partial charge in [0.15, 0.2) is 0 Å². The summed E-state index contributed by atoms with van der Waals surface area (Å²) < 4.78 is 10.5. The highest BCUT2D eigenvalue weighted by Gasteiger charge is 2.19. The number of amides is 1. The Morgan fingerprint density at radius 1 is 1.35 bits per heavy atom. The summed E-state index contributed by atoms with van der Waals surface area (Å²) in [5.74, 6) is -0.657. The number of phenols is 1. The molecule has 0 saturated heterocycles. The van der Waals surface area contributed by atoms with Gasteiger partial charge < -0.3 is 25.9 Å². The Labute approximate surface area is 97.4 Å². The van der Waals surface area contributed by atoms with Gasteiger partial charge in [-0.15, -0.1) is 0 Å². The first kappa shape index (κ1) is 13.7. The van der Waals surface area contributed by atoms with Crippen LogP contribution in [-0.2, 0) is 9.36 Å². The van der Waals surface area contributed by atoms with E-state index in [9.17, 15) is 9.36 Å². The summed E-state index contributed by atoms with van der Waals surface area (Å²) in [6, 6.07) is 4.60. The molecule has 0 saturated carbocycles. The predicted molar refractivity (Wildman–Crippen MR) is 60.1 cm³/mol. The number of aromatic hydroxyl groups is 1. The molecule has 1 rings (SSSR count). The lowest BCUT2D eigenvalue weighted by Gasteiger charge is -2.13. The molecule has 1 amide bonds. The van der Waals surface area contributed by atoms with Gasteiger partial charge in [0, 0.05) is 0 Å². The molecule has 0 fully saturated rings. The number of nitrogens with one attached hydrogen (secondary N) is 1. The maximum absolute atomic E-state index is 11.4. The molecule has 8 heteroatoms. The van der Waals surface area contributed by atoms with Crippen LogP contribution in [0.15, 0.2) is 24.3 Å². The molecular formula is C9H13N2O5P. The van der Waals surface area contributed by atoms with Gasteiger partial charge in [0.05, 0.1) is 0 Å². The van der Waals surface area contributed by atoms with Crippen LogP contribution in [-0.4, -0.2) is 27.1 Å². The fourth-order valence-corrected chi connectivity index (χ4v) is 1.49. The molecule has 0 bridgehead atoms. The molecule has 0 aromatic heterocycles. The molecule has 0 aliphatic rings. The van der Waals surface area contributed by atoms with Crippen LogP contribution in [0.25, 0.3) is 0 Å². The fraction of sp³-hybridized carbons (Fsp3) is 0.222. The highest BCUT2D eigenvalue weighted by molar-refractivity contribution is 7.51. The average molecular weight is 260 g/mol.